The lowest BCUT2D eigenvalue weighted by atomic mass is 9.88. The number of pyridine rings is 1. The quantitative estimate of drug-likeness (QED) is 0.850. The van der Waals surface area contributed by atoms with Crippen molar-refractivity contribution < 1.29 is 4.74 Å². The number of ether oxygens (including phenoxy) is 1. The van der Waals surface area contributed by atoms with E-state index < -0.39 is 0 Å². The monoisotopic (exact) mass is 294 g/mol. The minimum atomic E-state index is -0.223. The first kappa shape index (κ1) is 13.4. The van der Waals surface area contributed by atoms with Crippen LogP contribution in [0.5, 0.6) is 0 Å². The van der Waals surface area contributed by atoms with Crippen LogP contribution in [0.1, 0.15) is 24.4 Å². The largest absolute Gasteiger partial charge is 0.381 e. The van der Waals surface area contributed by atoms with E-state index in [2.05, 4.69) is 4.98 Å². The average molecular weight is 296 g/mol. The van der Waals surface area contributed by atoms with Crippen LogP contribution in [0.25, 0.3) is 0 Å². The number of rotatable bonds is 2. The third-order valence-corrected chi connectivity index (χ3v) is 4.14. The van der Waals surface area contributed by atoms with Crippen LogP contribution in [0.4, 0.5) is 0 Å². The summed E-state index contributed by atoms with van der Waals surface area (Å²) in [7, 11) is 0. The molecule has 0 spiro atoms. The van der Waals surface area contributed by atoms with Gasteiger partial charge in [-0.3, -0.25) is 0 Å². The molecule has 1 atom stereocenters. The fourth-order valence-corrected chi connectivity index (χ4v) is 2.82. The van der Waals surface area contributed by atoms with Crippen molar-refractivity contribution in [3.63, 3.8) is 0 Å². The Morgan fingerprint density at radius 2 is 1.94 bits per heavy atom. The van der Waals surface area contributed by atoms with Crippen molar-refractivity contribution in [3.8, 4) is 0 Å². The van der Waals surface area contributed by atoms with Crippen LogP contribution >= 0.6 is 34.8 Å². The number of hydrogen-bond acceptors (Lipinski definition) is 3. The Morgan fingerprint density at radius 1 is 1.29 bits per heavy atom. The maximum Gasteiger partial charge on any atom is 0.148 e. The molecule has 0 aliphatic carbocycles. The molecule has 2 N–H and O–H groups in total. The van der Waals surface area contributed by atoms with Crippen molar-refractivity contribution >= 4 is 34.8 Å². The number of nitrogens with zero attached hydrogens (tertiary/aromatic N) is 1. The summed E-state index contributed by atoms with van der Waals surface area (Å²) in [6, 6.07) is -0.223. The SMILES string of the molecule is N[C@H](c1c(Cl)cnc(Cl)c1Cl)C1CCOCC1. The van der Waals surface area contributed by atoms with E-state index in [1.807, 2.05) is 0 Å². The molecule has 6 heteroatoms. The zero-order valence-electron chi connectivity index (χ0n) is 9.13. The Hall–Kier alpha value is -0.0600. The van der Waals surface area contributed by atoms with Gasteiger partial charge in [-0.2, -0.15) is 0 Å². The van der Waals surface area contributed by atoms with E-state index >= 15 is 0 Å². The lowest BCUT2D eigenvalue weighted by Gasteiger charge is -2.28. The highest BCUT2D eigenvalue weighted by atomic mass is 35.5. The lowest BCUT2D eigenvalue weighted by Crippen LogP contribution is -2.28. The normalized spacial score (nSPS) is 19.3. The summed E-state index contributed by atoms with van der Waals surface area (Å²) in [6.07, 6.45) is 3.31. The molecule has 2 heterocycles. The van der Waals surface area contributed by atoms with Crippen molar-refractivity contribution in [2.45, 2.75) is 18.9 Å². The second-order valence-electron chi connectivity index (χ2n) is 4.10. The highest BCUT2D eigenvalue weighted by molar-refractivity contribution is 6.43. The summed E-state index contributed by atoms with van der Waals surface area (Å²) in [5, 5.41) is 1.07. The topological polar surface area (TPSA) is 48.1 Å². The molecule has 1 aromatic heterocycles. The van der Waals surface area contributed by atoms with Gasteiger partial charge in [0, 0.05) is 31.0 Å². The highest BCUT2D eigenvalue weighted by Crippen LogP contribution is 2.38. The van der Waals surface area contributed by atoms with Gasteiger partial charge in [0.15, 0.2) is 0 Å². The molecule has 2 rings (SSSR count). The molecule has 1 aromatic rings. The van der Waals surface area contributed by atoms with Gasteiger partial charge in [-0.25, -0.2) is 4.98 Å². The predicted molar refractivity (Wildman–Crippen MR) is 69.7 cm³/mol. The van der Waals surface area contributed by atoms with Gasteiger partial charge in [-0.1, -0.05) is 34.8 Å². The highest BCUT2D eigenvalue weighted by Gasteiger charge is 2.26. The van der Waals surface area contributed by atoms with Crippen LogP contribution in [-0.4, -0.2) is 18.2 Å². The molecule has 0 aromatic carbocycles. The molecule has 0 radical (unpaired) electrons. The molecule has 0 amide bonds. The second kappa shape index (κ2) is 5.72. The van der Waals surface area contributed by atoms with Crippen LogP contribution < -0.4 is 5.73 Å². The average Bonchev–Trinajstić information content (AvgIpc) is 2.35. The molecular formula is C11H13Cl3N2O. The van der Waals surface area contributed by atoms with E-state index in [4.69, 9.17) is 45.3 Å². The molecule has 1 saturated heterocycles. The van der Waals surface area contributed by atoms with Gasteiger partial charge in [0.05, 0.1) is 10.0 Å². The first-order valence-electron chi connectivity index (χ1n) is 5.44. The Bertz CT molecular complexity index is 408. The first-order valence-corrected chi connectivity index (χ1v) is 6.57. The van der Waals surface area contributed by atoms with E-state index in [1.54, 1.807) is 0 Å². The van der Waals surface area contributed by atoms with Crippen LogP contribution in [-0.2, 0) is 4.74 Å². The van der Waals surface area contributed by atoms with Crippen LogP contribution in [0.15, 0.2) is 6.20 Å². The van der Waals surface area contributed by atoms with Crippen molar-refractivity contribution in [1.82, 2.24) is 4.98 Å². The molecular weight excluding hydrogens is 282 g/mol. The van der Waals surface area contributed by atoms with Crippen molar-refractivity contribution in [2.75, 3.05) is 13.2 Å². The maximum atomic E-state index is 6.23. The molecule has 1 aliphatic heterocycles. The zero-order chi connectivity index (χ0) is 12.4. The van der Waals surface area contributed by atoms with E-state index in [9.17, 15) is 0 Å². The van der Waals surface area contributed by atoms with Gasteiger partial charge in [0.2, 0.25) is 0 Å². The van der Waals surface area contributed by atoms with Crippen LogP contribution in [0.2, 0.25) is 15.2 Å². The van der Waals surface area contributed by atoms with E-state index in [-0.39, 0.29) is 11.2 Å². The van der Waals surface area contributed by atoms with Gasteiger partial charge in [0.25, 0.3) is 0 Å². The maximum absolute atomic E-state index is 6.23. The number of halogens is 3. The van der Waals surface area contributed by atoms with Crippen molar-refractivity contribution in [1.29, 1.82) is 0 Å². The minimum absolute atomic E-state index is 0.223. The zero-order valence-corrected chi connectivity index (χ0v) is 11.4. The molecule has 3 nitrogen and oxygen atoms in total. The lowest BCUT2D eigenvalue weighted by molar-refractivity contribution is 0.0584. The summed E-state index contributed by atoms with van der Waals surface area (Å²) in [5.41, 5.74) is 6.92. The van der Waals surface area contributed by atoms with E-state index in [0.717, 1.165) is 26.1 Å². The number of aromatic nitrogens is 1. The van der Waals surface area contributed by atoms with Gasteiger partial charge >= 0.3 is 0 Å². The van der Waals surface area contributed by atoms with Gasteiger partial charge < -0.3 is 10.5 Å². The summed E-state index contributed by atoms with van der Waals surface area (Å²) >= 11 is 18.1. The Balaban J connectivity index is 2.29. The fourth-order valence-electron chi connectivity index (χ4n) is 2.07. The van der Waals surface area contributed by atoms with Gasteiger partial charge in [0.1, 0.15) is 5.15 Å². The Kier molecular flexibility index (Phi) is 4.50. The van der Waals surface area contributed by atoms with E-state index in [1.165, 1.54) is 6.20 Å². The molecule has 0 saturated carbocycles. The molecule has 0 unspecified atom stereocenters. The Morgan fingerprint density at radius 3 is 2.59 bits per heavy atom. The number of hydrogen-bond donors (Lipinski definition) is 1. The second-order valence-corrected chi connectivity index (χ2v) is 5.24. The summed E-state index contributed by atoms with van der Waals surface area (Å²) < 4.78 is 5.31. The summed E-state index contributed by atoms with van der Waals surface area (Å²) in [6.45, 7) is 1.46. The van der Waals surface area contributed by atoms with Gasteiger partial charge in [-0.05, 0) is 18.8 Å². The first-order chi connectivity index (χ1) is 8.11. The summed E-state index contributed by atoms with van der Waals surface area (Å²) in [4.78, 5) is 3.89. The molecule has 94 valence electrons. The van der Waals surface area contributed by atoms with Crippen molar-refractivity contribution in [2.24, 2.45) is 11.7 Å². The van der Waals surface area contributed by atoms with E-state index in [0.29, 0.717) is 21.5 Å². The molecule has 0 bridgehead atoms. The standard InChI is InChI=1S/C11H13Cl3N2O/c12-7-5-16-11(14)9(13)8(7)10(15)6-1-3-17-4-2-6/h5-6,10H,1-4,15H2/t10-/m0/s1. The molecule has 17 heavy (non-hydrogen) atoms. The van der Waals surface area contributed by atoms with Gasteiger partial charge in [-0.15, -0.1) is 0 Å². The smallest absolute Gasteiger partial charge is 0.148 e. The molecule has 1 fully saturated rings. The third kappa shape index (κ3) is 2.85. The number of nitrogens with two attached hydrogens (primary N) is 1. The minimum Gasteiger partial charge on any atom is -0.381 e. The fraction of sp³-hybridized carbons (Fsp3) is 0.545. The Labute approximate surface area is 115 Å². The summed E-state index contributed by atoms with van der Waals surface area (Å²) in [5.74, 6) is 0.317. The van der Waals surface area contributed by atoms with Crippen LogP contribution in [0.3, 0.4) is 0 Å². The molecule has 1 aliphatic rings. The predicted octanol–water partition coefficient (Wildman–Crippen LogP) is 3.47. The van der Waals surface area contributed by atoms with Crippen molar-refractivity contribution in [3.05, 3.63) is 27.0 Å². The third-order valence-electron chi connectivity index (χ3n) is 3.07. The van der Waals surface area contributed by atoms with Crippen LogP contribution in [0, 0.1) is 5.92 Å².